The lowest BCUT2D eigenvalue weighted by Gasteiger charge is -2.35. The van der Waals surface area contributed by atoms with E-state index in [0.29, 0.717) is 6.54 Å². The lowest BCUT2D eigenvalue weighted by atomic mass is 9.99. The highest BCUT2D eigenvalue weighted by molar-refractivity contribution is 5.96. The molecule has 0 saturated carbocycles. The summed E-state index contributed by atoms with van der Waals surface area (Å²) in [6.45, 7) is 6.24. The Balaban J connectivity index is 2.31. The quantitative estimate of drug-likeness (QED) is 0.740. The van der Waals surface area contributed by atoms with Gasteiger partial charge in [0.05, 0.1) is 11.1 Å². The molecule has 1 fully saturated rings. The SMILES string of the molecule is CC(C)[C@@H](CN1CCCC1)N(C)C(=O)c1c(F)cccc1C(F)(F)F. The van der Waals surface area contributed by atoms with Gasteiger partial charge < -0.3 is 9.80 Å². The van der Waals surface area contributed by atoms with Gasteiger partial charge in [0.15, 0.2) is 0 Å². The molecule has 1 amide bonds. The number of rotatable bonds is 5. The Morgan fingerprint density at radius 1 is 1.24 bits per heavy atom. The van der Waals surface area contributed by atoms with E-state index in [2.05, 4.69) is 4.90 Å². The highest BCUT2D eigenvalue weighted by Crippen LogP contribution is 2.34. The molecule has 2 rings (SSSR count). The standard InChI is InChI=1S/C18H24F4N2O/c1-12(2)15(11-24-9-4-5-10-24)23(3)17(25)16-13(18(20,21)22)7-6-8-14(16)19/h6-8,12,15H,4-5,9-11H2,1-3H3/t15-/m1/s1. The maximum absolute atomic E-state index is 14.1. The predicted octanol–water partition coefficient (Wildman–Crippen LogP) is 4.04. The van der Waals surface area contributed by atoms with Gasteiger partial charge in [-0.1, -0.05) is 19.9 Å². The van der Waals surface area contributed by atoms with Crippen LogP contribution in [0.25, 0.3) is 0 Å². The summed E-state index contributed by atoms with van der Waals surface area (Å²) in [7, 11) is 1.45. The number of likely N-dealkylation sites (tertiary alicyclic amines) is 1. The summed E-state index contributed by atoms with van der Waals surface area (Å²) in [4.78, 5) is 16.2. The van der Waals surface area contributed by atoms with Crippen LogP contribution in [0.2, 0.25) is 0 Å². The summed E-state index contributed by atoms with van der Waals surface area (Å²) >= 11 is 0. The number of likely N-dealkylation sites (N-methyl/N-ethyl adjacent to an activating group) is 1. The van der Waals surface area contributed by atoms with E-state index in [1.165, 1.54) is 11.9 Å². The predicted molar refractivity (Wildman–Crippen MR) is 87.8 cm³/mol. The molecule has 0 unspecified atom stereocenters. The average Bonchev–Trinajstić information content (AvgIpc) is 3.03. The minimum Gasteiger partial charge on any atom is -0.337 e. The summed E-state index contributed by atoms with van der Waals surface area (Å²) < 4.78 is 53.7. The number of carbonyl (C=O) groups excluding carboxylic acids is 1. The van der Waals surface area contributed by atoms with Crippen LogP contribution in [0, 0.1) is 11.7 Å². The monoisotopic (exact) mass is 360 g/mol. The summed E-state index contributed by atoms with van der Waals surface area (Å²) in [6.07, 6.45) is -2.63. The van der Waals surface area contributed by atoms with Crippen LogP contribution in [0.4, 0.5) is 17.6 Å². The van der Waals surface area contributed by atoms with Gasteiger partial charge in [-0.2, -0.15) is 13.2 Å². The number of nitrogens with zero attached hydrogens (tertiary/aromatic N) is 2. The van der Waals surface area contributed by atoms with Gasteiger partial charge >= 0.3 is 6.18 Å². The Kier molecular flexibility index (Phi) is 6.08. The first-order chi connectivity index (χ1) is 11.6. The molecule has 25 heavy (non-hydrogen) atoms. The van der Waals surface area contributed by atoms with Crippen molar-refractivity contribution in [2.24, 2.45) is 5.92 Å². The highest BCUT2D eigenvalue weighted by Gasteiger charge is 2.39. The molecule has 0 spiro atoms. The molecule has 1 saturated heterocycles. The Morgan fingerprint density at radius 2 is 1.84 bits per heavy atom. The van der Waals surface area contributed by atoms with E-state index in [1.807, 2.05) is 13.8 Å². The molecule has 1 heterocycles. The van der Waals surface area contributed by atoms with Gasteiger partial charge in [-0.3, -0.25) is 4.79 Å². The van der Waals surface area contributed by atoms with Gasteiger partial charge in [0.2, 0.25) is 0 Å². The van der Waals surface area contributed by atoms with Crippen LogP contribution in [-0.4, -0.2) is 48.4 Å². The van der Waals surface area contributed by atoms with Crippen molar-refractivity contribution >= 4 is 5.91 Å². The first kappa shape index (κ1) is 19.7. The second-order valence-corrected chi connectivity index (χ2v) is 6.90. The topological polar surface area (TPSA) is 23.6 Å². The first-order valence-corrected chi connectivity index (χ1v) is 8.48. The molecular formula is C18H24F4N2O. The molecule has 1 aromatic rings. The molecule has 1 aromatic carbocycles. The van der Waals surface area contributed by atoms with Gasteiger partial charge in [-0.05, 0) is 44.0 Å². The lowest BCUT2D eigenvalue weighted by Crippen LogP contribution is -2.47. The molecule has 7 heteroatoms. The molecule has 0 aromatic heterocycles. The molecule has 1 aliphatic heterocycles. The second-order valence-electron chi connectivity index (χ2n) is 6.90. The molecule has 0 radical (unpaired) electrons. The van der Waals surface area contributed by atoms with Gasteiger partial charge in [0.1, 0.15) is 5.82 Å². The molecule has 0 N–H and O–H groups in total. The maximum atomic E-state index is 14.1. The summed E-state index contributed by atoms with van der Waals surface area (Å²) in [5, 5.41) is 0. The van der Waals surface area contributed by atoms with Crippen molar-refractivity contribution < 1.29 is 22.4 Å². The smallest absolute Gasteiger partial charge is 0.337 e. The van der Waals surface area contributed by atoms with Crippen LogP contribution < -0.4 is 0 Å². The van der Waals surface area contributed by atoms with E-state index in [4.69, 9.17) is 0 Å². The van der Waals surface area contributed by atoms with Crippen molar-refractivity contribution in [3.8, 4) is 0 Å². The minimum atomic E-state index is -4.78. The van der Waals surface area contributed by atoms with Crippen molar-refractivity contribution in [3.05, 3.63) is 35.1 Å². The third-order valence-corrected chi connectivity index (χ3v) is 4.76. The Labute approximate surface area is 145 Å². The Bertz CT molecular complexity index is 610. The molecule has 1 aliphatic rings. The van der Waals surface area contributed by atoms with E-state index in [9.17, 15) is 22.4 Å². The highest BCUT2D eigenvalue weighted by atomic mass is 19.4. The number of alkyl halides is 3. The van der Waals surface area contributed by atoms with Crippen LogP contribution in [0.15, 0.2) is 18.2 Å². The Hall–Kier alpha value is -1.63. The Morgan fingerprint density at radius 3 is 2.36 bits per heavy atom. The third-order valence-electron chi connectivity index (χ3n) is 4.76. The van der Waals surface area contributed by atoms with Gasteiger partial charge in [-0.25, -0.2) is 4.39 Å². The molecule has 3 nitrogen and oxygen atoms in total. The van der Waals surface area contributed by atoms with E-state index in [1.54, 1.807) is 0 Å². The minimum absolute atomic E-state index is 0.0376. The van der Waals surface area contributed by atoms with E-state index >= 15 is 0 Å². The van der Waals surface area contributed by atoms with Crippen LogP contribution in [-0.2, 0) is 6.18 Å². The van der Waals surface area contributed by atoms with Gasteiger partial charge in [0.25, 0.3) is 5.91 Å². The van der Waals surface area contributed by atoms with Crippen LogP contribution in [0.3, 0.4) is 0 Å². The summed E-state index contributed by atoms with van der Waals surface area (Å²) in [5.74, 6) is -2.03. The fourth-order valence-electron chi connectivity index (χ4n) is 3.31. The van der Waals surface area contributed by atoms with Crippen molar-refractivity contribution in [1.29, 1.82) is 0 Å². The third kappa shape index (κ3) is 4.51. The molecular weight excluding hydrogens is 336 g/mol. The number of amides is 1. The molecule has 140 valence electrons. The zero-order valence-electron chi connectivity index (χ0n) is 14.7. The molecule has 0 bridgehead atoms. The fraction of sp³-hybridized carbons (Fsp3) is 0.611. The average molecular weight is 360 g/mol. The van der Waals surface area contributed by atoms with Crippen molar-refractivity contribution in [2.75, 3.05) is 26.7 Å². The second kappa shape index (κ2) is 7.72. The van der Waals surface area contributed by atoms with Crippen molar-refractivity contribution in [1.82, 2.24) is 9.80 Å². The maximum Gasteiger partial charge on any atom is 0.417 e. The number of hydrogen-bond donors (Lipinski definition) is 0. The fourth-order valence-corrected chi connectivity index (χ4v) is 3.31. The number of halogens is 4. The molecule has 0 aliphatic carbocycles. The number of carbonyl (C=O) groups is 1. The van der Waals surface area contributed by atoms with Crippen LogP contribution >= 0.6 is 0 Å². The normalized spacial score (nSPS) is 17.1. The summed E-state index contributed by atoms with van der Waals surface area (Å²) in [5.41, 5.74) is -2.13. The van der Waals surface area contributed by atoms with E-state index in [0.717, 1.165) is 44.1 Å². The zero-order valence-corrected chi connectivity index (χ0v) is 14.7. The largest absolute Gasteiger partial charge is 0.417 e. The van der Waals surface area contributed by atoms with Crippen LogP contribution in [0.5, 0.6) is 0 Å². The number of hydrogen-bond acceptors (Lipinski definition) is 2. The van der Waals surface area contributed by atoms with Gasteiger partial charge in [0, 0.05) is 19.6 Å². The molecule has 1 atom stereocenters. The first-order valence-electron chi connectivity index (χ1n) is 8.48. The zero-order chi connectivity index (χ0) is 18.8. The van der Waals surface area contributed by atoms with E-state index < -0.39 is 29.0 Å². The van der Waals surface area contributed by atoms with Crippen molar-refractivity contribution in [2.45, 2.75) is 38.9 Å². The summed E-state index contributed by atoms with van der Waals surface area (Å²) in [6, 6.07) is 2.32. The van der Waals surface area contributed by atoms with E-state index in [-0.39, 0.29) is 12.0 Å². The van der Waals surface area contributed by atoms with Crippen LogP contribution in [0.1, 0.15) is 42.6 Å². The van der Waals surface area contributed by atoms with Gasteiger partial charge in [-0.15, -0.1) is 0 Å². The lowest BCUT2D eigenvalue weighted by molar-refractivity contribution is -0.138. The van der Waals surface area contributed by atoms with Crippen molar-refractivity contribution in [3.63, 3.8) is 0 Å². The number of benzene rings is 1.